The molecule has 1 fully saturated rings. The van der Waals surface area contributed by atoms with Gasteiger partial charge in [0.15, 0.2) is 0 Å². The number of aliphatic carboxylic acids is 1. The maximum atomic E-state index is 14.0. The number of carbonyl (C=O) groups is 2. The fraction of sp³-hybridized carbons (Fsp3) is 0.212. The summed E-state index contributed by atoms with van der Waals surface area (Å²) < 4.78 is 28.2. The minimum atomic E-state index is -3.93. The second-order valence-corrected chi connectivity index (χ2v) is 13.4. The van der Waals surface area contributed by atoms with Crippen molar-refractivity contribution in [3.8, 4) is 11.1 Å². The summed E-state index contributed by atoms with van der Waals surface area (Å²) in [5, 5.41) is 13.3. The summed E-state index contributed by atoms with van der Waals surface area (Å²) in [6.07, 6.45) is 0.417. The number of nitrogens with zero attached hydrogens (tertiary/aromatic N) is 1. The average Bonchev–Trinajstić information content (AvgIpc) is 3.01. The first-order valence-corrected chi connectivity index (χ1v) is 16.0. The normalized spacial score (nSPS) is 15.9. The Kier molecular flexibility index (Phi) is 9.22. The zero-order valence-electron chi connectivity index (χ0n) is 23.1. The molecular weight excluding hydrogens is 607 g/mol. The maximum absolute atomic E-state index is 14.0. The molecule has 10 heteroatoms. The molecule has 0 aliphatic carbocycles. The highest BCUT2D eigenvalue weighted by molar-refractivity contribution is 7.89. The van der Waals surface area contributed by atoms with Gasteiger partial charge in [0.1, 0.15) is 6.04 Å². The van der Waals surface area contributed by atoms with Crippen molar-refractivity contribution in [3.05, 3.63) is 124 Å². The van der Waals surface area contributed by atoms with Crippen molar-refractivity contribution in [2.75, 3.05) is 13.1 Å². The quantitative estimate of drug-likeness (QED) is 0.228. The summed E-state index contributed by atoms with van der Waals surface area (Å²) in [4.78, 5) is 26.3. The molecule has 5 rings (SSSR count). The molecule has 1 unspecified atom stereocenters. The molecule has 1 aliphatic rings. The summed E-state index contributed by atoms with van der Waals surface area (Å²) in [5.74, 6) is -1.60. The van der Waals surface area contributed by atoms with Crippen LogP contribution in [0, 0.1) is 0 Å². The lowest BCUT2D eigenvalue weighted by Gasteiger charge is -2.41. The van der Waals surface area contributed by atoms with Gasteiger partial charge in [0, 0.05) is 29.6 Å². The van der Waals surface area contributed by atoms with Crippen LogP contribution >= 0.6 is 23.2 Å². The maximum Gasteiger partial charge on any atom is 0.326 e. The van der Waals surface area contributed by atoms with Gasteiger partial charge in [-0.3, -0.25) is 4.79 Å². The Hall–Kier alpha value is -3.69. The molecule has 0 radical (unpaired) electrons. The number of carboxylic acid groups (broad SMARTS) is 1. The average molecular weight is 638 g/mol. The van der Waals surface area contributed by atoms with Gasteiger partial charge in [0.05, 0.1) is 10.3 Å². The van der Waals surface area contributed by atoms with Gasteiger partial charge in [-0.2, -0.15) is 4.31 Å². The number of rotatable bonds is 9. The molecule has 0 aromatic heterocycles. The highest BCUT2D eigenvalue weighted by atomic mass is 35.5. The van der Waals surface area contributed by atoms with Crippen LogP contribution in [0.15, 0.2) is 108 Å². The van der Waals surface area contributed by atoms with E-state index in [1.165, 1.54) is 22.5 Å². The number of carbonyl (C=O) groups excluding carboxylic acids is 1. The fourth-order valence-electron chi connectivity index (χ4n) is 5.53. The molecule has 1 amide bonds. The Morgan fingerprint density at radius 2 is 1.35 bits per heavy atom. The number of halogens is 2. The van der Waals surface area contributed by atoms with Crippen molar-refractivity contribution in [1.82, 2.24) is 9.62 Å². The van der Waals surface area contributed by atoms with Crippen molar-refractivity contribution < 1.29 is 23.1 Å². The number of benzene rings is 4. The van der Waals surface area contributed by atoms with E-state index < -0.39 is 33.4 Å². The number of hydrogen-bond acceptors (Lipinski definition) is 4. The van der Waals surface area contributed by atoms with Crippen molar-refractivity contribution >= 4 is 45.1 Å². The molecular formula is C33H30Cl2N2O5S. The van der Waals surface area contributed by atoms with Gasteiger partial charge >= 0.3 is 5.97 Å². The standard InChI is InChI=1S/C33H30Cl2N2O5S/c34-27-20-28(35)22-29(21-27)43(41,42)37-17-15-33(16-18-37,26-9-5-2-6-10-26)32(40)36-30(31(38)39)19-23-11-13-25(14-12-23)24-7-3-1-4-8-24/h1-14,20-22,30H,15-19H2,(H,36,40)(H,38,39). The van der Waals surface area contributed by atoms with Crippen LogP contribution in [0.2, 0.25) is 10.0 Å². The van der Waals surface area contributed by atoms with Gasteiger partial charge in [0.2, 0.25) is 15.9 Å². The number of nitrogens with one attached hydrogen (secondary N) is 1. The van der Waals surface area contributed by atoms with E-state index in [0.29, 0.717) is 5.56 Å². The first-order valence-electron chi connectivity index (χ1n) is 13.8. The van der Waals surface area contributed by atoms with Crippen LogP contribution < -0.4 is 5.32 Å². The van der Waals surface area contributed by atoms with E-state index in [1.807, 2.05) is 84.9 Å². The number of piperidine rings is 1. The van der Waals surface area contributed by atoms with E-state index in [9.17, 15) is 23.1 Å². The second-order valence-electron chi connectivity index (χ2n) is 10.6. The predicted molar refractivity (Wildman–Crippen MR) is 168 cm³/mol. The number of hydrogen-bond donors (Lipinski definition) is 2. The monoisotopic (exact) mass is 636 g/mol. The SMILES string of the molecule is O=C(O)C(Cc1ccc(-c2ccccc2)cc1)NC(=O)C1(c2ccccc2)CCN(S(=O)(=O)c2cc(Cl)cc(Cl)c2)CC1. The molecule has 222 valence electrons. The summed E-state index contributed by atoms with van der Waals surface area (Å²) in [6, 6.07) is 29.5. The summed E-state index contributed by atoms with van der Waals surface area (Å²) in [5.41, 5.74) is 2.40. The molecule has 0 bridgehead atoms. The van der Waals surface area contributed by atoms with Crippen LogP contribution in [0.4, 0.5) is 0 Å². The third-order valence-corrected chi connectivity index (χ3v) is 10.2. The van der Waals surface area contributed by atoms with Gasteiger partial charge in [0.25, 0.3) is 0 Å². The van der Waals surface area contributed by atoms with Crippen molar-refractivity contribution in [3.63, 3.8) is 0 Å². The van der Waals surface area contributed by atoms with Crippen LogP contribution in [0.3, 0.4) is 0 Å². The van der Waals surface area contributed by atoms with Gasteiger partial charge < -0.3 is 10.4 Å². The third kappa shape index (κ3) is 6.78. The Bertz CT molecular complexity index is 1690. The summed E-state index contributed by atoms with van der Waals surface area (Å²) >= 11 is 12.1. The molecule has 1 saturated heterocycles. The zero-order valence-corrected chi connectivity index (χ0v) is 25.4. The smallest absolute Gasteiger partial charge is 0.326 e. The van der Waals surface area contributed by atoms with Crippen molar-refractivity contribution in [2.24, 2.45) is 0 Å². The molecule has 4 aromatic carbocycles. The molecule has 2 N–H and O–H groups in total. The van der Waals surface area contributed by atoms with Gasteiger partial charge in [-0.15, -0.1) is 0 Å². The molecule has 1 aliphatic heterocycles. The van der Waals surface area contributed by atoms with E-state index in [0.717, 1.165) is 16.7 Å². The van der Waals surface area contributed by atoms with E-state index in [2.05, 4.69) is 5.32 Å². The largest absolute Gasteiger partial charge is 0.480 e. The van der Waals surface area contributed by atoms with Crippen LogP contribution in [0.25, 0.3) is 11.1 Å². The second kappa shape index (κ2) is 12.9. The Balaban J connectivity index is 1.36. The fourth-order valence-corrected chi connectivity index (χ4v) is 7.70. The van der Waals surface area contributed by atoms with Gasteiger partial charge in [-0.1, -0.05) is 108 Å². The van der Waals surface area contributed by atoms with Gasteiger partial charge in [-0.05, 0) is 53.3 Å². The molecule has 7 nitrogen and oxygen atoms in total. The van der Waals surface area contributed by atoms with Crippen molar-refractivity contribution in [2.45, 2.75) is 35.6 Å². The number of amides is 1. The molecule has 4 aromatic rings. The predicted octanol–water partition coefficient (Wildman–Crippen LogP) is 6.20. The first kappa shape index (κ1) is 30.8. The number of sulfonamides is 1. The molecule has 0 saturated carbocycles. The lowest BCUT2D eigenvalue weighted by molar-refractivity contribution is -0.143. The lowest BCUT2D eigenvalue weighted by Crippen LogP contribution is -2.56. The highest BCUT2D eigenvalue weighted by Crippen LogP contribution is 2.38. The van der Waals surface area contributed by atoms with E-state index in [1.54, 1.807) is 0 Å². The van der Waals surface area contributed by atoms with E-state index >= 15 is 0 Å². The van der Waals surface area contributed by atoms with E-state index in [4.69, 9.17) is 23.2 Å². The summed E-state index contributed by atoms with van der Waals surface area (Å²) in [7, 11) is -3.93. The number of carboxylic acids is 1. The summed E-state index contributed by atoms with van der Waals surface area (Å²) in [6.45, 7) is 0.0981. The first-order chi connectivity index (χ1) is 20.6. The van der Waals surface area contributed by atoms with Crippen LogP contribution in [0.5, 0.6) is 0 Å². The molecule has 43 heavy (non-hydrogen) atoms. The topological polar surface area (TPSA) is 104 Å². The third-order valence-electron chi connectivity index (χ3n) is 7.92. The minimum Gasteiger partial charge on any atom is -0.480 e. The zero-order chi connectivity index (χ0) is 30.6. The van der Waals surface area contributed by atoms with Gasteiger partial charge in [-0.25, -0.2) is 13.2 Å². The minimum absolute atomic E-state index is 0.0223. The van der Waals surface area contributed by atoms with E-state index in [-0.39, 0.29) is 47.3 Å². The molecule has 1 atom stereocenters. The lowest BCUT2D eigenvalue weighted by atomic mass is 9.72. The molecule has 0 spiro atoms. The Labute approximate surface area is 261 Å². The van der Waals surface area contributed by atoms with Crippen LogP contribution in [-0.2, 0) is 31.4 Å². The highest BCUT2D eigenvalue weighted by Gasteiger charge is 2.46. The molecule has 1 heterocycles. The van der Waals surface area contributed by atoms with Crippen LogP contribution in [-0.4, -0.2) is 48.8 Å². The van der Waals surface area contributed by atoms with Crippen LogP contribution in [0.1, 0.15) is 24.0 Å². The Morgan fingerprint density at radius 1 is 0.814 bits per heavy atom. The van der Waals surface area contributed by atoms with Crippen molar-refractivity contribution in [1.29, 1.82) is 0 Å². The Morgan fingerprint density at radius 3 is 1.91 bits per heavy atom.